The molecule has 1 fully saturated rings. The summed E-state index contributed by atoms with van der Waals surface area (Å²) in [5.41, 5.74) is 0.797. The molecule has 0 aliphatic carbocycles. The molecule has 2 atom stereocenters. The van der Waals surface area contributed by atoms with Gasteiger partial charge in [-0.1, -0.05) is 30.3 Å². The molecule has 1 amide bonds. The highest BCUT2D eigenvalue weighted by atomic mass is 16.5. The van der Waals surface area contributed by atoms with Gasteiger partial charge in [0.05, 0.1) is 19.3 Å². The molecule has 2 unspecified atom stereocenters. The van der Waals surface area contributed by atoms with E-state index in [1.165, 1.54) is 0 Å². The van der Waals surface area contributed by atoms with Crippen molar-refractivity contribution in [2.75, 3.05) is 26.3 Å². The van der Waals surface area contributed by atoms with Crippen LogP contribution in [0.3, 0.4) is 0 Å². The molecule has 1 aliphatic rings. The lowest BCUT2D eigenvalue weighted by atomic mass is 10.1. The number of nitrogens with one attached hydrogen (secondary N) is 2. The summed E-state index contributed by atoms with van der Waals surface area (Å²) < 4.78 is 5.21. The molecular formula is C13H18N2O3. The van der Waals surface area contributed by atoms with Gasteiger partial charge in [0.25, 0.3) is 0 Å². The van der Waals surface area contributed by atoms with Crippen molar-refractivity contribution in [2.24, 2.45) is 0 Å². The Balaban J connectivity index is 1.78. The van der Waals surface area contributed by atoms with Crippen molar-refractivity contribution in [2.45, 2.75) is 12.1 Å². The molecule has 0 aromatic heterocycles. The van der Waals surface area contributed by atoms with Gasteiger partial charge in [-0.3, -0.25) is 4.79 Å². The Morgan fingerprint density at radius 1 is 1.50 bits per heavy atom. The number of hydrogen-bond acceptors (Lipinski definition) is 4. The molecule has 5 nitrogen and oxygen atoms in total. The summed E-state index contributed by atoms with van der Waals surface area (Å²) in [6, 6.07) is 8.95. The average molecular weight is 250 g/mol. The number of rotatable bonds is 4. The highest BCUT2D eigenvalue weighted by Crippen LogP contribution is 2.10. The number of hydrogen-bond donors (Lipinski definition) is 3. The van der Waals surface area contributed by atoms with Gasteiger partial charge in [0.15, 0.2) is 0 Å². The fourth-order valence-corrected chi connectivity index (χ4v) is 1.85. The standard InChI is InChI=1S/C13H18N2O3/c16-12(10-4-2-1-3-5-10)8-15-13(17)11-9-18-7-6-14-11/h1-5,11-12,14,16H,6-9H2,(H,15,17). The second kappa shape index (κ2) is 6.49. The molecule has 1 aromatic rings. The zero-order valence-corrected chi connectivity index (χ0v) is 10.1. The van der Waals surface area contributed by atoms with Gasteiger partial charge in [-0.15, -0.1) is 0 Å². The molecule has 0 bridgehead atoms. The molecule has 2 rings (SSSR count). The van der Waals surface area contributed by atoms with E-state index >= 15 is 0 Å². The molecule has 1 aromatic carbocycles. The zero-order valence-electron chi connectivity index (χ0n) is 10.1. The van der Waals surface area contributed by atoms with E-state index in [0.29, 0.717) is 19.8 Å². The number of morpholine rings is 1. The quantitative estimate of drug-likeness (QED) is 0.693. The highest BCUT2D eigenvalue weighted by molar-refractivity contribution is 5.82. The first kappa shape index (κ1) is 13.0. The molecule has 0 saturated carbocycles. The lowest BCUT2D eigenvalue weighted by molar-refractivity contribution is -0.126. The van der Waals surface area contributed by atoms with E-state index in [4.69, 9.17) is 4.74 Å². The second-order valence-electron chi connectivity index (χ2n) is 4.25. The predicted molar refractivity (Wildman–Crippen MR) is 67.0 cm³/mol. The monoisotopic (exact) mass is 250 g/mol. The van der Waals surface area contributed by atoms with Gasteiger partial charge in [-0.05, 0) is 5.56 Å². The molecular weight excluding hydrogens is 232 g/mol. The van der Waals surface area contributed by atoms with Crippen LogP contribution in [-0.4, -0.2) is 43.4 Å². The number of aliphatic hydroxyl groups is 1. The Morgan fingerprint density at radius 2 is 2.28 bits per heavy atom. The van der Waals surface area contributed by atoms with Crippen molar-refractivity contribution in [1.29, 1.82) is 0 Å². The molecule has 5 heteroatoms. The number of amides is 1. The Hall–Kier alpha value is -1.43. The maximum atomic E-state index is 11.8. The minimum absolute atomic E-state index is 0.135. The summed E-state index contributed by atoms with van der Waals surface area (Å²) in [7, 11) is 0. The first-order valence-electron chi connectivity index (χ1n) is 6.09. The Labute approximate surface area is 106 Å². The van der Waals surface area contributed by atoms with Crippen LogP contribution >= 0.6 is 0 Å². The lowest BCUT2D eigenvalue weighted by Gasteiger charge is -2.23. The van der Waals surface area contributed by atoms with Crippen LogP contribution in [-0.2, 0) is 9.53 Å². The summed E-state index contributed by atoms with van der Waals surface area (Å²) in [4.78, 5) is 11.8. The van der Waals surface area contributed by atoms with Gasteiger partial charge < -0.3 is 20.5 Å². The van der Waals surface area contributed by atoms with Crippen molar-refractivity contribution in [3.8, 4) is 0 Å². The molecule has 98 valence electrons. The van der Waals surface area contributed by atoms with Crippen LogP contribution in [0.2, 0.25) is 0 Å². The molecule has 1 saturated heterocycles. The number of benzene rings is 1. The van der Waals surface area contributed by atoms with Crippen molar-refractivity contribution < 1.29 is 14.6 Å². The van der Waals surface area contributed by atoms with Crippen LogP contribution < -0.4 is 10.6 Å². The molecule has 18 heavy (non-hydrogen) atoms. The first-order chi connectivity index (χ1) is 8.77. The third-order valence-electron chi connectivity index (χ3n) is 2.89. The fourth-order valence-electron chi connectivity index (χ4n) is 1.85. The number of aliphatic hydroxyl groups excluding tert-OH is 1. The first-order valence-corrected chi connectivity index (χ1v) is 6.09. The average Bonchev–Trinajstić information content (AvgIpc) is 2.46. The molecule has 3 N–H and O–H groups in total. The normalized spacial score (nSPS) is 21.3. The van der Waals surface area contributed by atoms with Crippen LogP contribution in [0.25, 0.3) is 0 Å². The van der Waals surface area contributed by atoms with E-state index in [9.17, 15) is 9.90 Å². The van der Waals surface area contributed by atoms with E-state index in [1.807, 2.05) is 30.3 Å². The van der Waals surface area contributed by atoms with Crippen molar-refractivity contribution in [3.05, 3.63) is 35.9 Å². The van der Waals surface area contributed by atoms with E-state index < -0.39 is 6.10 Å². The van der Waals surface area contributed by atoms with E-state index in [2.05, 4.69) is 10.6 Å². The van der Waals surface area contributed by atoms with E-state index in [0.717, 1.165) is 5.56 Å². The fraction of sp³-hybridized carbons (Fsp3) is 0.462. The minimum atomic E-state index is -0.681. The summed E-state index contributed by atoms with van der Waals surface area (Å²) in [6.45, 7) is 1.91. The summed E-state index contributed by atoms with van der Waals surface area (Å²) in [5.74, 6) is -0.135. The number of carbonyl (C=O) groups is 1. The molecule has 1 heterocycles. The van der Waals surface area contributed by atoms with Gasteiger partial charge in [-0.25, -0.2) is 0 Å². The Morgan fingerprint density at radius 3 is 2.94 bits per heavy atom. The van der Waals surface area contributed by atoms with E-state index in [1.54, 1.807) is 0 Å². The topological polar surface area (TPSA) is 70.6 Å². The number of carbonyl (C=O) groups excluding carboxylic acids is 1. The maximum absolute atomic E-state index is 11.8. The maximum Gasteiger partial charge on any atom is 0.239 e. The second-order valence-corrected chi connectivity index (χ2v) is 4.25. The van der Waals surface area contributed by atoms with E-state index in [-0.39, 0.29) is 18.5 Å². The number of ether oxygens (including phenoxy) is 1. The van der Waals surface area contributed by atoms with Crippen LogP contribution in [0, 0.1) is 0 Å². The van der Waals surface area contributed by atoms with Crippen molar-refractivity contribution in [1.82, 2.24) is 10.6 Å². The lowest BCUT2D eigenvalue weighted by Crippen LogP contribution is -2.51. The van der Waals surface area contributed by atoms with Crippen LogP contribution in [0.4, 0.5) is 0 Å². The third-order valence-corrected chi connectivity index (χ3v) is 2.89. The molecule has 1 aliphatic heterocycles. The van der Waals surface area contributed by atoms with Gasteiger partial charge in [0, 0.05) is 13.1 Å². The summed E-state index contributed by atoms with van der Waals surface area (Å²) >= 11 is 0. The smallest absolute Gasteiger partial charge is 0.239 e. The SMILES string of the molecule is O=C(NCC(O)c1ccccc1)C1COCCN1. The highest BCUT2D eigenvalue weighted by Gasteiger charge is 2.21. The molecule has 0 radical (unpaired) electrons. The largest absolute Gasteiger partial charge is 0.387 e. The van der Waals surface area contributed by atoms with Gasteiger partial charge >= 0.3 is 0 Å². The van der Waals surface area contributed by atoms with Crippen LogP contribution in [0.15, 0.2) is 30.3 Å². The van der Waals surface area contributed by atoms with Crippen LogP contribution in [0.1, 0.15) is 11.7 Å². The Bertz CT molecular complexity index is 377. The summed E-state index contributed by atoms with van der Waals surface area (Å²) in [6.07, 6.45) is -0.681. The predicted octanol–water partition coefficient (Wildman–Crippen LogP) is -0.175. The zero-order chi connectivity index (χ0) is 12.8. The minimum Gasteiger partial charge on any atom is -0.387 e. The molecule has 0 spiro atoms. The van der Waals surface area contributed by atoms with Crippen LogP contribution in [0.5, 0.6) is 0 Å². The third kappa shape index (κ3) is 3.53. The Kier molecular flexibility index (Phi) is 4.69. The van der Waals surface area contributed by atoms with Crippen molar-refractivity contribution in [3.63, 3.8) is 0 Å². The van der Waals surface area contributed by atoms with Crippen molar-refractivity contribution >= 4 is 5.91 Å². The van der Waals surface area contributed by atoms with Gasteiger partial charge in [0.1, 0.15) is 6.04 Å². The summed E-state index contributed by atoms with van der Waals surface area (Å²) in [5, 5.41) is 15.7. The van der Waals surface area contributed by atoms with Gasteiger partial charge in [0.2, 0.25) is 5.91 Å². The van der Waals surface area contributed by atoms with Gasteiger partial charge in [-0.2, -0.15) is 0 Å².